The fourth-order valence-corrected chi connectivity index (χ4v) is 5.52. The number of aliphatic hydroxyl groups is 1. The number of nitrogens with one attached hydrogen (secondary N) is 1. The first-order valence-electron chi connectivity index (χ1n) is 12.5. The van der Waals surface area contributed by atoms with Gasteiger partial charge in [-0.3, -0.25) is 4.90 Å². The van der Waals surface area contributed by atoms with Crippen LogP contribution in [0.1, 0.15) is 67.8 Å². The molecule has 186 valence electrons. The maximum atomic E-state index is 12.7. The van der Waals surface area contributed by atoms with Crippen molar-refractivity contribution in [1.29, 1.82) is 0 Å². The predicted octanol–water partition coefficient (Wildman–Crippen LogP) is 3.39. The molecule has 0 bridgehead atoms. The van der Waals surface area contributed by atoms with Crippen molar-refractivity contribution in [2.75, 3.05) is 58.2 Å². The van der Waals surface area contributed by atoms with Gasteiger partial charge in [-0.2, -0.15) is 0 Å². The molecular weight excluding hydrogens is 484 g/mol. The van der Waals surface area contributed by atoms with Gasteiger partial charge < -0.3 is 25.8 Å². The van der Waals surface area contributed by atoms with Crippen LogP contribution in [0.5, 0.6) is 0 Å². The molecule has 8 heteroatoms. The summed E-state index contributed by atoms with van der Waals surface area (Å²) in [4.78, 5) is 17.4. The van der Waals surface area contributed by atoms with Crippen LogP contribution in [0.3, 0.4) is 0 Å². The van der Waals surface area contributed by atoms with E-state index in [0.29, 0.717) is 24.4 Å². The third-order valence-corrected chi connectivity index (χ3v) is 7.98. The summed E-state index contributed by atoms with van der Waals surface area (Å²) < 4.78 is 6.31. The maximum Gasteiger partial charge on any atom is 0.338 e. The van der Waals surface area contributed by atoms with E-state index in [1.807, 2.05) is 6.07 Å². The molecule has 7 nitrogen and oxygen atoms in total. The Morgan fingerprint density at radius 3 is 2.45 bits per heavy atom. The molecule has 1 saturated carbocycles. The molecule has 0 amide bonds. The molecule has 0 aromatic heterocycles. The first-order chi connectivity index (χ1) is 16.0. The zero-order chi connectivity index (χ0) is 23.7. The number of hydrogen-bond acceptors (Lipinski definition) is 7. The van der Waals surface area contributed by atoms with Crippen molar-refractivity contribution in [1.82, 2.24) is 15.1 Å². The largest absolute Gasteiger partial charge is 0.462 e. The van der Waals surface area contributed by atoms with Crippen LogP contribution in [0, 0.1) is 0 Å². The van der Waals surface area contributed by atoms with Crippen LogP contribution >= 0.6 is 15.9 Å². The molecule has 2 aliphatic rings. The van der Waals surface area contributed by atoms with E-state index in [-0.39, 0.29) is 18.1 Å². The number of nitrogens with two attached hydrogens (primary N) is 1. The van der Waals surface area contributed by atoms with Crippen molar-refractivity contribution in [3.8, 4) is 0 Å². The number of benzene rings is 1. The minimum Gasteiger partial charge on any atom is -0.462 e. The summed E-state index contributed by atoms with van der Waals surface area (Å²) in [6, 6.07) is 3.64. The van der Waals surface area contributed by atoms with Crippen LogP contribution in [0.4, 0.5) is 5.69 Å². The number of β-amino-alcohol motifs (C(OH)–C–C–N with tert-alkyl or cyclic N) is 1. The SMILES string of the molecule is CCC1(NCc2cc(C(=O)OCCCN3CCN(CCO)CC3)cc(Br)c2N)CCCCC1. The minimum absolute atomic E-state index is 0.178. The van der Waals surface area contributed by atoms with E-state index in [1.54, 1.807) is 6.07 Å². The van der Waals surface area contributed by atoms with E-state index in [1.165, 1.54) is 32.1 Å². The van der Waals surface area contributed by atoms with Gasteiger partial charge in [0.05, 0.1) is 24.5 Å². The summed E-state index contributed by atoms with van der Waals surface area (Å²) in [5, 5.41) is 12.8. The van der Waals surface area contributed by atoms with E-state index in [9.17, 15) is 4.79 Å². The fraction of sp³-hybridized carbons (Fsp3) is 0.720. The van der Waals surface area contributed by atoms with Crippen molar-refractivity contribution in [2.24, 2.45) is 0 Å². The maximum absolute atomic E-state index is 12.7. The second kappa shape index (κ2) is 13.0. The summed E-state index contributed by atoms with van der Waals surface area (Å²) in [6.45, 7) is 9.15. The number of aliphatic hydroxyl groups excluding tert-OH is 1. The van der Waals surface area contributed by atoms with Gasteiger partial charge in [-0.1, -0.05) is 26.2 Å². The summed E-state index contributed by atoms with van der Waals surface area (Å²) in [5.41, 5.74) is 8.66. The fourth-order valence-electron chi connectivity index (χ4n) is 5.02. The van der Waals surface area contributed by atoms with Crippen molar-refractivity contribution in [2.45, 2.75) is 64.0 Å². The Hall–Kier alpha value is -1.19. The highest BCUT2D eigenvalue weighted by Crippen LogP contribution is 2.32. The Labute approximate surface area is 207 Å². The molecule has 1 aliphatic heterocycles. The molecule has 0 spiro atoms. The Morgan fingerprint density at radius 1 is 1.15 bits per heavy atom. The first-order valence-corrected chi connectivity index (χ1v) is 13.3. The topological polar surface area (TPSA) is 91.1 Å². The molecule has 2 fully saturated rings. The summed E-state index contributed by atoms with van der Waals surface area (Å²) in [7, 11) is 0. The number of nitrogens with zero attached hydrogens (tertiary/aromatic N) is 2. The van der Waals surface area contributed by atoms with Gasteiger partial charge in [-0.25, -0.2) is 4.79 Å². The molecule has 1 aliphatic carbocycles. The number of rotatable bonds is 11. The highest BCUT2D eigenvalue weighted by molar-refractivity contribution is 9.10. The van der Waals surface area contributed by atoms with Crippen molar-refractivity contribution in [3.63, 3.8) is 0 Å². The lowest BCUT2D eigenvalue weighted by atomic mass is 9.79. The number of hydrogen-bond donors (Lipinski definition) is 3. The number of ether oxygens (including phenoxy) is 1. The number of anilines is 1. The van der Waals surface area contributed by atoms with Crippen LogP contribution in [0.2, 0.25) is 0 Å². The standard InChI is InChI=1S/C25H41BrN4O3/c1-2-25(7-4-3-5-8-25)28-19-21-17-20(18-22(26)23(21)27)24(32)33-16-6-9-29-10-12-30(13-11-29)14-15-31/h17-18,28,31H,2-16,19,27H2,1H3. The van der Waals surface area contributed by atoms with Crippen LogP contribution in [0.25, 0.3) is 0 Å². The first kappa shape index (κ1) is 26.4. The Kier molecular flexibility index (Phi) is 10.4. The molecule has 33 heavy (non-hydrogen) atoms. The van der Waals surface area contributed by atoms with Gasteiger partial charge in [0.15, 0.2) is 0 Å². The number of nitrogen functional groups attached to an aromatic ring is 1. The van der Waals surface area contributed by atoms with Gasteiger partial charge in [-0.15, -0.1) is 0 Å². The van der Waals surface area contributed by atoms with E-state index >= 15 is 0 Å². The van der Waals surface area contributed by atoms with Gasteiger partial charge in [-0.05, 0) is 59.3 Å². The molecule has 0 unspecified atom stereocenters. The predicted molar refractivity (Wildman–Crippen MR) is 136 cm³/mol. The zero-order valence-corrected chi connectivity index (χ0v) is 21.7. The number of halogens is 1. The molecule has 0 atom stereocenters. The molecule has 1 aromatic carbocycles. The lowest BCUT2D eigenvalue weighted by Crippen LogP contribution is -2.47. The van der Waals surface area contributed by atoms with Gasteiger partial charge in [0.2, 0.25) is 0 Å². The molecule has 1 saturated heterocycles. The van der Waals surface area contributed by atoms with Crippen molar-refractivity contribution in [3.05, 3.63) is 27.7 Å². The average Bonchev–Trinajstić information content (AvgIpc) is 2.84. The van der Waals surface area contributed by atoms with Crippen molar-refractivity contribution >= 4 is 27.6 Å². The average molecular weight is 526 g/mol. The lowest BCUT2D eigenvalue weighted by Gasteiger charge is -2.38. The Balaban J connectivity index is 1.47. The molecule has 1 heterocycles. The number of piperazine rings is 1. The monoisotopic (exact) mass is 524 g/mol. The Morgan fingerprint density at radius 2 is 1.82 bits per heavy atom. The van der Waals surface area contributed by atoms with Gasteiger partial charge in [0.1, 0.15) is 0 Å². The van der Waals surface area contributed by atoms with Gasteiger partial charge in [0, 0.05) is 55.8 Å². The second-order valence-electron chi connectivity index (χ2n) is 9.48. The van der Waals surface area contributed by atoms with E-state index in [4.69, 9.17) is 15.6 Å². The summed E-state index contributed by atoms with van der Waals surface area (Å²) in [5.74, 6) is -0.299. The smallest absolute Gasteiger partial charge is 0.338 e. The van der Waals surface area contributed by atoms with E-state index in [0.717, 1.165) is 62.1 Å². The van der Waals surface area contributed by atoms with Crippen LogP contribution in [-0.2, 0) is 11.3 Å². The normalized spacial score (nSPS) is 19.5. The van der Waals surface area contributed by atoms with Crippen LogP contribution in [-0.4, -0.2) is 78.9 Å². The minimum atomic E-state index is -0.299. The van der Waals surface area contributed by atoms with Crippen molar-refractivity contribution < 1.29 is 14.6 Å². The molecule has 4 N–H and O–H groups in total. The molecular formula is C25H41BrN4O3. The van der Waals surface area contributed by atoms with Crippen LogP contribution < -0.4 is 11.1 Å². The second-order valence-corrected chi connectivity index (χ2v) is 10.3. The van der Waals surface area contributed by atoms with E-state index in [2.05, 4.69) is 38.0 Å². The lowest BCUT2D eigenvalue weighted by molar-refractivity contribution is 0.0474. The number of carbonyl (C=O) groups excluding carboxylic acids is 1. The number of esters is 1. The van der Waals surface area contributed by atoms with E-state index < -0.39 is 0 Å². The summed E-state index contributed by atoms with van der Waals surface area (Å²) in [6.07, 6.45) is 8.17. The van der Waals surface area contributed by atoms with Gasteiger partial charge >= 0.3 is 5.97 Å². The third kappa shape index (κ3) is 7.65. The molecule has 0 radical (unpaired) electrons. The molecule has 3 rings (SSSR count). The summed E-state index contributed by atoms with van der Waals surface area (Å²) >= 11 is 3.52. The quantitative estimate of drug-likeness (QED) is 0.232. The van der Waals surface area contributed by atoms with Crippen LogP contribution in [0.15, 0.2) is 16.6 Å². The van der Waals surface area contributed by atoms with Gasteiger partial charge in [0.25, 0.3) is 0 Å². The zero-order valence-electron chi connectivity index (χ0n) is 20.1. The highest BCUT2D eigenvalue weighted by atomic mass is 79.9. The highest BCUT2D eigenvalue weighted by Gasteiger charge is 2.29. The molecule has 1 aromatic rings. The Bertz CT molecular complexity index is 762. The number of carbonyl (C=O) groups is 1. The third-order valence-electron chi connectivity index (χ3n) is 7.33.